The molecule has 0 aliphatic rings. The van der Waals surface area contributed by atoms with Gasteiger partial charge in [-0.2, -0.15) is 0 Å². The number of carboxylic acids is 1. The molecule has 0 spiro atoms. The highest BCUT2D eigenvalue weighted by molar-refractivity contribution is 5.98. The van der Waals surface area contributed by atoms with E-state index in [-0.39, 0.29) is 24.8 Å². The van der Waals surface area contributed by atoms with Gasteiger partial charge in [-0.15, -0.1) is 0 Å². The lowest BCUT2D eigenvalue weighted by atomic mass is 10.0. The van der Waals surface area contributed by atoms with Crippen LogP contribution in [-0.2, 0) is 24.0 Å². The third-order valence-corrected chi connectivity index (χ3v) is 5.17. The van der Waals surface area contributed by atoms with E-state index >= 15 is 0 Å². The van der Waals surface area contributed by atoms with Crippen molar-refractivity contribution >= 4 is 36.3 Å². The summed E-state index contributed by atoms with van der Waals surface area (Å²) in [5.41, 5.74) is -0.0256. The zero-order chi connectivity index (χ0) is 26.4. The molecule has 0 saturated carbocycles. The van der Waals surface area contributed by atoms with Crippen LogP contribution in [0.25, 0.3) is 0 Å². The van der Waals surface area contributed by atoms with Crippen LogP contribution in [0.2, 0.25) is 0 Å². The smallest absolute Gasteiger partial charge is 0.305 e. The van der Waals surface area contributed by atoms with Gasteiger partial charge in [0.15, 0.2) is 0 Å². The Labute approximate surface area is 202 Å². The van der Waals surface area contributed by atoms with Crippen molar-refractivity contribution in [3.05, 3.63) is 35.6 Å². The molecule has 0 bridgehead atoms. The van der Waals surface area contributed by atoms with Crippen molar-refractivity contribution < 1.29 is 38.3 Å². The highest BCUT2D eigenvalue weighted by atomic mass is 19.1. The molecule has 1 aromatic carbocycles. The van der Waals surface area contributed by atoms with Gasteiger partial charge < -0.3 is 35.5 Å². The lowest BCUT2D eigenvalue weighted by Crippen LogP contribution is -2.55. The van der Waals surface area contributed by atoms with Crippen LogP contribution < -0.4 is 16.0 Å². The van der Waals surface area contributed by atoms with Gasteiger partial charge in [0.25, 0.3) is 5.91 Å². The summed E-state index contributed by atoms with van der Waals surface area (Å²) in [6.45, 7) is 0.517. The van der Waals surface area contributed by atoms with Gasteiger partial charge in [0, 0.05) is 19.0 Å². The topological polar surface area (TPSA) is 162 Å². The normalized spacial score (nSPS) is 13.1. The fraction of sp³-hybridized carbons (Fsp3) is 0.478. The second-order valence-corrected chi connectivity index (χ2v) is 7.84. The minimum absolute atomic E-state index is 0.0256. The van der Waals surface area contributed by atoms with E-state index in [1.165, 1.54) is 19.2 Å². The molecule has 3 atom stereocenters. The Morgan fingerprint density at radius 3 is 2.43 bits per heavy atom. The van der Waals surface area contributed by atoms with E-state index in [0.29, 0.717) is 25.5 Å². The van der Waals surface area contributed by atoms with Crippen LogP contribution in [0, 0.1) is 5.82 Å². The Bertz CT molecular complexity index is 912. The first-order valence-corrected chi connectivity index (χ1v) is 11.0. The number of benzene rings is 1. The van der Waals surface area contributed by atoms with Gasteiger partial charge in [-0.3, -0.25) is 19.2 Å². The number of carbonyl (C=O) groups is 6. The number of carboxylic acid groups (broad SMARTS) is 1. The van der Waals surface area contributed by atoms with Crippen LogP contribution in [0.5, 0.6) is 0 Å². The minimum Gasteiger partial charge on any atom is -0.481 e. The van der Waals surface area contributed by atoms with E-state index in [4.69, 9.17) is 5.11 Å². The Kier molecular flexibility index (Phi) is 12.8. The summed E-state index contributed by atoms with van der Waals surface area (Å²) in [4.78, 5) is 72.9. The first-order chi connectivity index (χ1) is 16.6. The number of rotatable bonds is 16. The molecule has 1 rings (SSSR count). The number of carbonyl (C=O) groups excluding carboxylic acids is 5. The number of amides is 3. The van der Waals surface area contributed by atoms with Crippen LogP contribution in [0.4, 0.5) is 4.39 Å². The van der Waals surface area contributed by atoms with Gasteiger partial charge in [0.05, 0.1) is 12.5 Å². The summed E-state index contributed by atoms with van der Waals surface area (Å²) >= 11 is 0. The van der Waals surface area contributed by atoms with Crippen LogP contribution in [0.1, 0.15) is 42.5 Å². The highest BCUT2D eigenvalue weighted by Gasteiger charge is 2.33. The Morgan fingerprint density at radius 2 is 1.86 bits per heavy atom. The summed E-state index contributed by atoms with van der Waals surface area (Å²) < 4.78 is 13.5. The lowest BCUT2D eigenvalue weighted by Gasteiger charge is -2.31. The molecule has 12 heteroatoms. The van der Waals surface area contributed by atoms with E-state index in [2.05, 4.69) is 16.0 Å². The van der Waals surface area contributed by atoms with Gasteiger partial charge in [-0.1, -0.05) is 6.07 Å². The first kappa shape index (κ1) is 29.4. The molecule has 0 aliphatic heterocycles. The Hall–Kier alpha value is -3.67. The van der Waals surface area contributed by atoms with Crippen molar-refractivity contribution in [2.75, 3.05) is 20.6 Å². The molecular weight excluding hydrogens is 463 g/mol. The van der Waals surface area contributed by atoms with E-state index < -0.39 is 54.1 Å². The molecule has 0 fully saturated rings. The van der Waals surface area contributed by atoms with Crippen LogP contribution in [0.15, 0.2) is 24.3 Å². The number of halogens is 1. The fourth-order valence-corrected chi connectivity index (χ4v) is 3.34. The lowest BCUT2D eigenvalue weighted by molar-refractivity contribution is -0.142. The Balaban J connectivity index is 3.10. The number of aldehydes is 2. The van der Waals surface area contributed by atoms with Gasteiger partial charge >= 0.3 is 5.97 Å². The van der Waals surface area contributed by atoms with Gasteiger partial charge in [0.2, 0.25) is 11.8 Å². The molecule has 11 nitrogen and oxygen atoms in total. The molecule has 4 N–H and O–H groups in total. The third kappa shape index (κ3) is 10.0. The summed E-state index contributed by atoms with van der Waals surface area (Å²) in [5.74, 6) is -4.07. The second-order valence-electron chi connectivity index (χ2n) is 7.84. The maximum atomic E-state index is 13.5. The SMILES string of the molecule is CNCCC[C@@H](C(=O)N[C@H](C=O)CC(=O)O)N(C)C(=O)[C@H](CCC=O)NC(=O)c1cccc(F)c1. The molecule has 3 amide bonds. The van der Waals surface area contributed by atoms with Crippen molar-refractivity contribution in [2.24, 2.45) is 0 Å². The molecule has 0 heterocycles. The zero-order valence-corrected chi connectivity index (χ0v) is 19.7. The monoisotopic (exact) mass is 494 g/mol. The molecule has 1 aromatic rings. The molecule has 0 radical (unpaired) electrons. The average molecular weight is 495 g/mol. The van der Waals surface area contributed by atoms with Crippen molar-refractivity contribution in [2.45, 2.75) is 50.2 Å². The molecule has 0 unspecified atom stereocenters. The summed E-state index contributed by atoms with van der Waals surface area (Å²) in [7, 11) is 3.04. The molecule has 35 heavy (non-hydrogen) atoms. The maximum Gasteiger partial charge on any atom is 0.305 e. The number of likely N-dealkylation sites (N-methyl/N-ethyl adjacent to an activating group) is 1. The largest absolute Gasteiger partial charge is 0.481 e. The summed E-state index contributed by atoms with van der Waals surface area (Å²) in [6.07, 6.45) is 0.765. The molecule has 192 valence electrons. The van der Waals surface area contributed by atoms with Crippen LogP contribution >= 0.6 is 0 Å². The summed E-state index contributed by atoms with van der Waals surface area (Å²) in [6, 6.07) is 1.29. The Morgan fingerprint density at radius 1 is 1.14 bits per heavy atom. The van der Waals surface area contributed by atoms with E-state index in [1.807, 2.05) is 0 Å². The first-order valence-electron chi connectivity index (χ1n) is 11.0. The number of nitrogens with one attached hydrogen (secondary N) is 3. The molecule has 0 aliphatic carbocycles. The molecular formula is C23H31FN4O7. The van der Waals surface area contributed by atoms with Crippen molar-refractivity contribution in [3.63, 3.8) is 0 Å². The van der Waals surface area contributed by atoms with Gasteiger partial charge in [-0.05, 0) is 51.1 Å². The van der Waals surface area contributed by atoms with Gasteiger partial charge in [-0.25, -0.2) is 4.39 Å². The van der Waals surface area contributed by atoms with Crippen molar-refractivity contribution in [3.8, 4) is 0 Å². The number of aliphatic carboxylic acids is 1. The van der Waals surface area contributed by atoms with Gasteiger partial charge in [0.1, 0.15) is 30.5 Å². The van der Waals surface area contributed by atoms with E-state index in [9.17, 15) is 33.2 Å². The van der Waals surface area contributed by atoms with Crippen LogP contribution in [-0.4, -0.2) is 85.0 Å². The standard InChI is InChI=1S/C23H31FN4O7/c1-25-10-4-9-19(22(34)26-17(14-30)13-20(31)32)28(2)23(35)18(8-5-11-29)27-21(33)15-6-3-7-16(24)12-15/h3,6-7,11-12,14,17-19,25H,4-5,8-10,13H2,1-2H3,(H,26,34)(H,27,33)(H,31,32)/t17-,18-,19-/m0/s1. The zero-order valence-electron chi connectivity index (χ0n) is 19.7. The van der Waals surface area contributed by atoms with Crippen molar-refractivity contribution in [1.82, 2.24) is 20.9 Å². The van der Waals surface area contributed by atoms with Crippen LogP contribution in [0.3, 0.4) is 0 Å². The average Bonchev–Trinajstić information content (AvgIpc) is 2.82. The van der Waals surface area contributed by atoms with E-state index in [0.717, 1.165) is 17.0 Å². The molecule has 0 saturated heterocycles. The van der Waals surface area contributed by atoms with Crippen molar-refractivity contribution in [1.29, 1.82) is 0 Å². The number of nitrogens with zero attached hydrogens (tertiary/aromatic N) is 1. The predicted molar refractivity (Wildman–Crippen MR) is 123 cm³/mol. The number of hydrogen-bond acceptors (Lipinski definition) is 7. The second kappa shape index (κ2) is 15.3. The minimum atomic E-state index is -1.28. The number of hydrogen-bond donors (Lipinski definition) is 4. The fourth-order valence-electron chi connectivity index (χ4n) is 3.34. The highest BCUT2D eigenvalue weighted by Crippen LogP contribution is 2.12. The molecule has 0 aromatic heterocycles. The predicted octanol–water partition coefficient (Wildman–Crippen LogP) is -0.112. The summed E-state index contributed by atoms with van der Waals surface area (Å²) in [5, 5.41) is 16.6. The quantitative estimate of drug-likeness (QED) is 0.183. The maximum absolute atomic E-state index is 13.5. The van der Waals surface area contributed by atoms with E-state index in [1.54, 1.807) is 7.05 Å². The third-order valence-electron chi connectivity index (χ3n) is 5.17.